The first-order valence-corrected chi connectivity index (χ1v) is 7.02. The number of thiocarbonyl (C=S) groups is 1. The highest BCUT2D eigenvalue weighted by Crippen LogP contribution is 2.35. The van der Waals surface area contributed by atoms with Crippen LogP contribution in [0.1, 0.15) is 39.5 Å². The van der Waals surface area contributed by atoms with E-state index in [1.807, 2.05) is 12.1 Å². The molecule has 2 rings (SSSR count). The largest absolute Gasteiger partial charge is 0.357 e. The second kappa shape index (κ2) is 5.65. The summed E-state index contributed by atoms with van der Waals surface area (Å²) < 4.78 is 0. The van der Waals surface area contributed by atoms with Crippen molar-refractivity contribution in [3.05, 3.63) is 24.5 Å². The summed E-state index contributed by atoms with van der Waals surface area (Å²) in [6, 6.07) is 3.84. The van der Waals surface area contributed by atoms with E-state index in [4.69, 9.17) is 12.2 Å². The van der Waals surface area contributed by atoms with Crippen molar-refractivity contribution in [2.75, 3.05) is 5.32 Å². The van der Waals surface area contributed by atoms with Gasteiger partial charge in [0.1, 0.15) is 0 Å². The van der Waals surface area contributed by atoms with Crippen LogP contribution >= 0.6 is 12.2 Å². The van der Waals surface area contributed by atoms with E-state index in [0.29, 0.717) is 5.92 Å². The lowest BCUT2D eigenvalue weighted by Gasteiger charge is -2.35. The molecule has 2 N–H and O–H groups in total. The van der Waals surface area contributed by atoms with E-state index in [1.54, 1.807) is 12.4 Å². The van der Waals surface area contributed by atoms with Gasteiger partial charge in [0.25, 0.3) is 0 Å². The Morgan fingerprint density at radius 1 is 1.28 bits per heavy atom. The summed E-state index contributed by atoms with van der Waals surface area (Å²) in [6.07, 6.45) is 8.54. The average Bonchev–Trinajstić information content (AvgIpc) is 2.80. The summed E-state index contributed by atoms with van der Waals surface area (Å²) in [5.74, 6) is 0.595. The van der Waals surface area contributed by atoms with Gasteiger partial charge >= 0.3 is 0 Å². The topological polar surface area (TPSA) is 37.0 Å². The molecule has 98 valence electrons. The highest BCUT2D eigenvalue weighted by Gasteiger charge is 2.37. The molecule has 0 atom stereocenters. The minimum atomic E-state index is 0.178. The van der Waals surface area contributed by atoms with Gasteiger partial charge in [0, 0.05) is 23.6 Å². The molecule has 0 bridgehead atoms. The Balaban J connectivity index is 1.98. The van der Waals surface area contributed by atoms with Crippen LogP contribution in [0.3, 0.4) is 0 Å². The zero-order valence-corrected chi connectivity index (χ0v) is 11.9. The van der Waals surface area contributed by atoms with Gasteiger partial charge in [-0.05, 0) is 43.1 Å². The summed E-state index contributed by atoms with van der Waals surface area (Å²) in [6.45, 7) is 4.54. The van der Waals surface area contributed by atoms with Crippen LogP contribution < -0.4 is 10.6 Å². The van der Waals surface area contributed by atoms with Crippen molar-refractivity contribution >= 4 is 23.0 Å². The third-order valence-electron chi connectivity index (χ3n) is 3.90. The molecule has 1 saturated carbocycles. The van der Waals surface area contributed by atoms with Crippen molar-refractivity contribution in [2.24, 2.45) is 5.92 Å². The highest BCUT2D eigenvalue weighted by atomic mass is 32.1. The van der Waals surface area contributed by atoms with Crippen LogP contribution in [-0.4, -0.2) is 15.6 Å². The fraction of sp³-hybridized carbons (Fsp3) is 0.571. The van der Waals surface area contributed by atoms with Crippen molar-refractivity contribution in [1.29, 1.82) is 0 Å². The third-order valence-corrected chi connectivity index (χ3v) is 4.11. The molecule has 1 aromatic heterocycles. The lowest BCUT2D eigenvalue weighted by Crippen LogP contribution is -2.51. The summed E-state index contributed by atoms with van der Waals surface area (Å²) in [7, 11) is 0. The molecular weight excluding hydrogens is 242 g/mol. The first kappa shape index (κ1) is 13.3. The van der Waals surface area contributed by atoms with Crippen molar-refractivity contribution in [3.63, 3.8) is 0 Å². The Kier molecular flexibility index (Phi) is 4.17. The van der Waals surface area contributed by atoms with Crippen molar-refractivity contribution < 1.29 is 0 Å². The predicted octanol–water partition coefficient (Wildman–Crippen LogP) is 3.34. The first-order valence-electron chi connectivity index (χ1n) is 6.62. The quantitative estimate of drug-likeness (QED) is 0.820. The Morgan fingerprint density at radius 2 is 1.89 bits per heavy atom. The number of pyridine rings is 1. The minimum Gasteiger partial charge on any atom is -0.357 e. The molecule has 0 amide bonds. The number of nitrogens with zero attached hydrogens (tertiary/aromatic N) is 1. The fourth-order valence-electron chi connectivity index (χ4n) is 2.68. The van der Waals surface area contributed by atoms with Crippen molar-refractivity contribution in [3.8, 4) is 0 Å². The number of aromatic nitrogens is 1. The molecule has 1 aliphatic rings. The number of hydrogen-bond donors (Lipinski definition) is 2. The molecule has 0 aliphatic heterocycles. The molecule has 0 radical (unpaired) electrons. The van der Waals surface area contributed by atoms with E-state index in [2.05, 4.69) is 29.5 Å². The SMILES string of the molecule is CC(C)C1(NC(=S)Nc2ccncc2)CCCC1. The van der Waals surface area contributed by atoms with Gasteiger partial charge < -0.3 is 10.6 Å². The monoisotopic (exact) mass is 263 g/mol. The number of hydrogen-bond acceptors (Lipinski definition) is 2. The maximum absolute atomic E-state index is 5.42. The van der Waals surface area contributed by atoms with Gasteiger partial charge in [0.15, 0.2) is 5.11 Å². The predicted molar refractivity (Wildman–Crippen MR) is 79.6 cm³/mol. The van der Waals surface area contributed by atoms with Crippen LogP contribution in [0.4, 0.5) is 5.69 Å². The molecule has 0 unspecified atom stereocenters. The number of nitrogens with one attached hydrogen (secondary N) is 2. The van der Waals surface area contributed by atoms with Crippen molar-refractivity contribution in [2.45, 2.75) is 45.1 Å². The average molecular weight is 263 g/mol. The second-order valence-corrected chi connectivity index (χ2v) is 5.74. The van der Waals surface area contributed by atoms with Gasteiger partial charge in [0.2, 0.25) is 0 Å². The van der Waals surface area contributed by atoms with E-state index < -0.39 is 0 Å². The Morgan fingerprint density at radius 3 is 2.44 bits per heavy atom. The standard InChI is InChI=1S/C14H21N3S/c1-11(2)14(7-3-4-8-14)17-13(18)16-12-5-9-15-10-6-12/h5-6,9-11H,3-4,7-8H2,1-2H3,(H2,15,16,17,18). The molecule has 1 fully saturated rings. The van der Waals surface area contributed by atoms with Crippen LogP contribution in [0.25, 0.3) is 0 Å². The maximum Gasteiger partial charge on any atom is 0.171 e. The molecule has 3 nitrogen and oxygen atoms in total. The maximum atomic E-state index is 5.42. The van der Waals surface area contributed by atoms with Crippen LogP contribution in [0.5, 0.6) is 0 Å². The second-order valence-electron chi connectivity index (χ2n) is 5.33. The van der Waals surface area contributed by atoms with E-state index in [1.165, 1.54) is 25.7 Å². The van der Waals surface area contributed by atoms with Gasteiger partial charge in [0.05, 0.1) is 0 Å². The van der Waals surface area contributed by atoms with Gasteiger partial charge in [-0.15, -0.1) is 0 Å². The molecule has 4 heteroatoms. The molecule has 0 spiro atoms. The van der Waals surface area contributed by atoms with E-state index in [0.717, 1.165) is 10.8 Å². The van der Waals surface area contributed by atoms with Crippen LogP contribution in [0.2, 0.25) is 0 Å². The van der Waals surface area contributed by atoms with E-state index in [-0.39, 0.29) is 5.54 Å². The van der Waals surface area contributed by atoms with Gasteiger partial charge in [-0.2, -0.15) is 0 Å². The zero-order chi connectivity index (χ0) is 13.0. The lowest BCUT2D eigenvalue weighted by molar-refractivity contribution is 0.283. The third kappa shape index (κ3) is 2.99. The molecule has 1 heterocycles. The van der Waals surface area contributed by atoms with Crippen LogP contribution in [0, 0.1) is 5.92 Å². The summed E-state index contributed by atoms with van der Waals surface area (Å²) in [4.78, 5) is 3.99. The summed E-state index contributed by atoms with van der Waals surface area (Å²) >= 11 is 5.42. The smallest absolute Gasteiger partial charge is 0.171 e. The zero-order valence-electron chi connectivity index (χ0n) is 11.1. The van der Waals surface area contributed by atoms with Gasteiger partial charge in [-0.1, -0.05) is 26.7 Å². The molecule has 1 aromatic rings. The molecular formula is C14H21N3S. The normalized spacial score (nSPS) is 17.7. The fourth-order valence-corrected chi connectivity index (χ4v) is 3.00. The van der Waals surface area contributed by atoms with Crippen molar-refractivity contribution in [1.82, 2.24) is 10.3 Å². The molecule has 0 aromatic carbocycles. The van der Waals surface area contributed by atoms with Gasteiger partial charge in [-0.25, -0.2) is 0 Å². The summed E-state index contributed by atoms with van der Waals surface area (Å²) in [5, 5.41) is 7.49. The first-order chi connectivity index (χ1) is 8.62. The number of anilines is 1. The Hall–Kier alpha value is -1.16. The lowest BCUT2D eigenvalue weighted by atomic mass is 9.85. The molecule has 1 aliphatic carbocycles. The van der Waals surface area contributed by atoms with Gasteiger partial charge in [-0.3, -0.25) is 4.98 Å². The Labute approximate surface area is 114 Å². The Bertz CT molecular complexity index is 397. The minimum absolute atomic E-state index is 0.178. The molecule has 18 heavy (non-hydrogen) atoms. The van der Waals surface area contributed by atoms with Crippen LogP contribution in [-0.2, 0) is 0 Å². The molecule has 0 saturated heterocycles. The van der Waals surface area contributed by atoms with Crippen LogP contribution in [0.15, 0.2) is 24.5 Å². The highest BCUT2D eigenvalue weighted by molar-refractivity contribution is 7.80. The van der Waals surface area contributed by atoms with E-state index >= 15 is 0 Å². The van der Waals surface area contributed by atoms with E-state index in [9.17, 15) is 0 Å². The summed E-state index contributed by atoms with van der Waals surface area (Å²) in [5.41, 5.74) is 1.16. The number of rotatable bonds is 3.